The first kappa shape index (κ1) is 19.6. The standard InChI is InChI=1S/C19H21F3N2O2/c1-26-17-9-7-14(8-10-17)4-3-11-23-18(25)13-24-16-6-2-5-15(12-16)19(20,21)22/h2,5-10,12,24H,3-4,11,13H2,1H3,(H,23,25). The van der Waals surface area contributed by atoms with E-state index < -0.39 is 11.7 Å². The maximum atomic E-state index is 12.6. The molecule has 4 nitrogen and oxygen atoms in total. The molecular weight excluding hydrogens is 345 g/mol. The van der Waals surface area contributed by atoms with Gasteiger partial charge < -0.3 is 15.4 Å². The van der Waals surface area contributed by atoms with Crippen molar-refractivity contribution in [2.45, 2.75) is 19.0 Å². The first-order chi connectivity index (χ1) is 12.4. The second kappa shape index (κ2) is 9.12. The quantitative estimate of drug-likeness (QED) is 0.697. The molecular formula is C19H21F3N2O2. The van der Waals surface area contributed by atoms with Crippen molar-refractivity contribution in [3.8, 4) is 5.75 Å². The van der Waals surface area contributed by atoms with E-state index in [1.807, 2.05) is 24.3 Å². The number of ether oxygens (including phenoxy) is 1. The summed E-state index contributed by atoms with van der Waals surface area (Å²) in [5.74, 6) is 0.528. The van der Waals surface area contributed by atoms with Crippen LogP contribution < -0.4 is 15.4 Å². The van der Waals surface area contributed by atoms with E-state index in [1.165, 1.54) is 12.1 Å². The molecule has 7 heteroatoms. The number of amides is 1. The normalized spacial score (nSPS) is 11.1. The lowest BCUT2D eigenvalue weighted by Gasteiger charge is -2.11. The Morgan fingerprint density at radius 2 is 1.85 bits per heavy atom. The van der Waals surface area contributed by atoms with E-state index in [0.29, 0.717) is 6.54 Å². The van der Waals surface area contributed by atoms with Crippen molar-refractivity contribution in [1.82, 2.24) is 5.32 Å². The Labute approximate surface area is 150 Å². The monoisotopic (exact) mass is 366 g/mol. The molecule has 0 radical (unpaired) electrons. The molecule has 0 fully saturated rings. The van der Waals surface area contributed by atoms with Gasteiger partial charge in [0.15, 0.2) is 0 Å². The van der Waals surface area contributed by atoms with Gasteiger partial charge in [-0.2, -0.15) is 13.2 Å². The van der Waals surface area contributed by atoms with Crippen LogP contribution >= 0.6 is 0 Å². The number of halogens is 3. The summed E-state index contributed by atoms with van der Waals surface area (Å²) in [5, 5.41) is 5.44. The van der Waals surface area contributed by atoms with Gasteiger partial charge in [-0.15, -0.1) is 0 Å². The zero-order chi connectivity index (χ0) is 19.0. The van der Waals surface area contributed by atoms with Gasteiger partial charge in [0.25, 0.3) is 0 Å². The van der Waals surface area contributed by atoms with Crippen LogP contribution in [0.3, 0.4) is 0 Å². The van der Waals surface area contributed by atoms with Crippen molar-refractivity contribution in [3.05, 3.63) is 59.7 Å². The van der Waals surface area contributed by atoms with Gasteiger partial charge >= 0.3 is 6.18 Å². The Bertz CT molecular complexity index is 715. The highest BCUT2D eigenvalue weighted by molar-refractivity contribution is 5.80. The maximum absolute atomic E-state index is 12.6. The van der Waals surface area contributed by atoms with E-state index in [-0.39, 0.29) is 18.1 Å². The molecule has 140 valence electrons. The van der Waals surface area contributed by atoms with Crippen LogP contribution in [0.4, 0.5) is 18.9 Å². The summed E-state index contributed by atoms with van der Waals surface area (Å²) in [6.07, 6.45) is -2.83. The summed E-state index contributed by atoms with van der Waals surface area (Å²) in [6.45, 7) is 0.416. The Hall–Kier alpha value is -2.70. The van der Waals surface area contributed by atoms with Gasteiger partial charge in [0, 0.05) is 12.2 Å². The van der Waals surface area contributed by atoms with Crippen LogP contribution in [-0.2, 0) is 17.4 Å². The van der Waals surface area contributed by atoms with E-state index in [2.05, 4.69) is 10.6 Å². The third-order valence-electron chi connectivity index (χ3n) is 3.77. The molecule has 0 aliphatic heterocycles. The van der Waals surface area contributed by atoms with Gasteiger partial charge in [-0.25, -0.2) is 0 Å². The third kappa shape index (κ3) is 6.31. The number of carbonyl (C=O) groups excluding carboxylic acids is 1. The predicted octanol–water partition coefficient (Wildman–Crippen LogP) is 3.87. The third-order valence-corrected chi connectivity index (χ3v) is 3.77. The maximum Gasteiger partial charge on any atom is 0.416 e. The molecule has 0 aliphatic carbocycles. The molecule has 0 heterocycles. The summed E-state index contributed by atoms with van der Waals surface area (Å²) in [4.78, 5) is 11.8. The van der Waals surface area contributed by atoms with Crippen LogP contribution in [0, 0.1) is 0 Å². The van der Waals surface area contributed by atoms with Crippen molar-refractivity contribution in [2.75, 3.05) is 25.5 Å². The first-order valence-corrected chi connectivity index (χ1v) is 8.19. The summed E-state index contributed by atoms with van der Waals surface area (Å²) in [6, 6.07) is 12.5. The SMILES string of the molecule is COc1ccc(CCCNC(=O)CNc2cccc(C(F)(F)F)c2)cc1. The fraction of sp³-hybridized carbons (Fsp3) is 0.316. The Morgan fingerprint density at radius 3 is 2.50 bits per heavy atom. The fourth-order valence-electron chi connectivity index (χ4n) is 2.36. The number of aryl methyl sites for hydroxylation is 1. The minimum atomic E-state index is -4.40. The van der Waals surface area contributed by atoms with Gasteiger partial charge in [0.1, 0.15) is 5.75 Å². The lowest BCUT2D eigenvalue weighted by molar-refractivity contribution is -0.137. The molecule has 0 bridgehead atoms. The van der Waals surface area contributed by atoms with Crippen molar-refractivity contribution < 1.29 is 22.7 Å². The molecule has 26 heavy (non-hydrogen) atoms. The van der Waals surface area contributed by atoms with Crippen molar-refractivity contribution in [1.29, 1.82) is 0 Å². The molecule has 2 aromatic carbocycles. The van der Waals surface area contributed by atoms with Crippen LogP contribution in [0.1, 0.15) is 17.5 Å². The number of anilines is 1. The van der Waals surface area contributed by atoms with Crippen molar-refractivity contribution in [2.24, 2.45) is 0 Å². The highest BCUT2D eigenvalue weighted by Crippen LogP contribution is 2.30. The van der Waals surface area contributed by atoms with E-state index in [4.69, 9.17) is 4.74 Å². The van der Waals surface area contributed by atoms with Gasteiger partial charge in [0.05, 0.1) is 19.2 Å². The molecule has 0 atom stereocenters. The lowest BCUT2D eigenvalue weighted by Crippen LogP contribution is -2.30. The minimum absolute atomic E-state index is 0.0795. The van der Waals surface area contributed by atoms with Gasteiger partial charge in [-0.3, -0.25) is 4.79 Å². The molecule has 0 spiro atoms. The molecule has 1 amide bonds. The summed E-state index contributed by atoms with van der Waals surface area (Å²) in [5.41, 5.74) is 0.651. The minimum Gasteiger partial charge on any atom is -0.497 e. The Kier molecular flexibility index (Phi) is 6.89. The van der Waals surface area contributed by atoms with E-state index >= 15 is 0 Å². The number of alkyl halides is 3. The number of carbonyl (C=O) groups is 1. The zero-order valence-electron chi connectivity index (χ0n) is 14.4. The molecule has 0 aromatic heterocycles. The number of methoxy groups -OCH3 is 1. The number of hydrogen-bond donors (Lipinski definition) is 2. The molecule has 2 N–H and O–H groups in total. The van der Waals surface area contributed by atoms with Gasteiger partial charge in [-0.1, -0.05) is 18.2 Å². The van der Waals surface area contributed by atoms with Crippen LogP contribution in [0.2, 0.25) is 0 Å². The Morgan fingerprint density at radius 1 is 1.12 bits per heavy atom. The second-order valence-corrected chi connectivity index (χ2v) is 5.73. The first-order valence-electron chi connectivity index (χ1n) is 8.19. The smallest absolute Gasteiger partial charge is 0.416 e. The number of hydrogen-bond acceptors (Lipinski definition) is 3. The Balaban J connectivity index is 1.69. The van der Waals surface area contributed by atoms with E-state index in [9.17, 15) is 18.0 Å². The largest absolute Gasteiger partial charge is 0.497 e. The molecule has 2 aromatic rings. The summed E-state index contributed by atoms with van der Waals surface area (Å²) < 4.78 is 43.0. The zero-order valence-corrected chi connectivity index (χ0v) is 14.4. The number of benzene rings is 2. The molecule has 0 saturated heterocycles. The van der Waals surface area contributed by atoms with E-state index in [1.54, 1.807) is 7.11 Å². The van der Waals surface area contributed by atoms with Crippen LogP contribution in [0.15, 0.2) is 48.5 Å². The molecule has 0 unspecified atom stereocenters. The molecule has 0 aliphatic rings. The predicted molar refractivity (Wildman–Crippen MR) is 94.3 cm³/mol. The fourth-order valence-corrected chi connectivity index (χ4v) is 2.36. The van der Waals surface area contributed by atoms with Crippen LogP contribution in [0.25, 0.3) is 0 Å². The second-order valence-electron chi connectivity index (χ2n) is 5.73. The summed E-state index contributed by atoms with van der Waals surface area (Å²) in [7, 11) is 1.61. The van der Waals surface area contributed by atoms with Gasteiger partial charge in [-0.05, 0) is 48.7 Å². The lowest BCUT2D eigenvalue weighted by atomic mass is 10.1. The molecule has 2 rings (SSSR count). The topological polar surface area (TPSA) is 50.4 Å². The summed E-state index contributed by atoms with van der Waals surface area (Å²) >= 11 is 0. The highest BCUT2D eigenvalue weighted by Gasteiger charge is 2.30. The van der Waals surface area contributed by atoms with Crippen LogP contribution in [0.5, 0.6) is 5.75 Å². The van der Waals surface area contributed by atoms with Crippen LogP contribution in [-0.4, -0.2) is 26.1 Å². The highest BCUT2D eigenvalue weighted by atomic mass is 19.4. The molecule has 0 saturated carbocycles. The van der Waals surface area contributed by atoms with Crippen molar-refractivity contribution in [3.63, 3.8) is 0 Å². The number of rotatable bonds is 8. The average Bonchev–Trinajstić information content (AvgIpc) is 2.63. The van der Waals surface area contributed by atoms with E-state index in [0.717, 1.165) is 36.3 Å². The average molecular weight is 366 g/mol. The number of nitrogens with one attached hydrogen (secondary N) is 2. The van der Waals surface area contributed by atoms with Gasteiger partial charge in [0.2, 0.25) is 5.91 Å². The van der Waals surface area contributed by atoms with Crippen molar-refractivity contribution >= 4 is 11.6 Å².